The molecular formula is C16H17N3O2. The summed E-state index contributed by atoms with van der Waals surface area (Å²) in [7, 11) is 3.20. The van der Waals surface area contributed by atoms with Gasteiger partial charge in [0.05, 0.1) is 31.7 Å². The third-order valence-corrected chi connectivity index (χ3v) is 3.51. The van der Waals surface area contributed by atoms with E-state index in [2.05, 4.69) is 41.2 Å². The lowest BCUT2D eigenvalue weighted by molar-refractivity contribution is 0.369. The minimum absolute atomic E-state index is 0.486. The molecule has 0 unspecified atom stereocenters. The maximum atomic E-state index is 5.42. The molecule has 5 heteroatoms. The van der Waals surface area contributed by atoms with E-state index in [9.17, 15) is 0 Å². The van der Waals surface area contributed by atoms with E-state index in [-0.39, 0.29) is 0 Å². The standard InChI is InChI=1S/C16H17N3O2/c1-10-5-7-12(8-6-10)15-11(2)19-14(21-4)9-13(20-3)17-16(19)18-15/h5-9H,1-4H3. The van der Waals surface area contributed by atoms with Crippen molar-refractivity contribution < 1.29 is 9.47 Å². The predicted octanol–water partition coefficient (Wildman–Crippen LogP) is 3.03. The summed E-state index contributed by atoms with van der Waals surface area (Å²) in [4.78, 5) is 9.00. The summed E-state index contributed by atoms with van der Waals surface area (Å²) in [6.07, 6.45) is 0. The Kier molecular flexibility index (Phi) is 3.25. The summed E-state index contributed by atoms with van der Waals surface area (Å²) in [5.74, 6) is 1.71. The van der Waals surface area contributed by atoms with Crippen LogP contribution in [-0.2, 0) is 0 Å². The molecule has 3 rings (SSSR count). The Labute approximate surface area is 123 Å². The number of fused-ring (bicyclic) bond motifs is 1. The first-order valence-corrected chi connectivity index (χ1v) is 6.69. The SMILES string of the molecule is COc1cc(OC)n2c(C)c(-c3ccc(C)cc3)nc2n1. The second kappa shape index (κ2) is 5.09. The highest BCUT2D eigenvalue weighted by atomic mass is 16.5. The van der Waals surface area contributed by atoms with Gasteiger partial charge in [0.1, 0.15) is 0 Å². The molecule has 0 amide bonds. The van der Waals surface area contributed by atoms with Crippen LogP contribution < -0.4 is 9.47 Å². The maximum Gasteiger partial charge on any atom is 0.240 e. The molecule has 0 aliphatic rings. The molecule has 0 radical (unpaired) electrons. The lowest BCUT2D eigenvalue weighted by Crippen LogP contribution is -1.99. The van der Waals surface area contributed by atoms with Crippen LogP contribution in [0.5, 0.6) is 11.8 Å². The largest absolute Gasteiger partial charge is 0.482 e. The second-order valence-corrected chi connectivity index (χ2v) is 4.89. The number of benzene rings is 1. The normalized spacial score (nSPS) is 10.9. The first-order chi connectivity index (χ1) is 10.1. The molecule has 1 aromatic carbocycles. The summed E-state index contributed by atoms with van der Waals surface area (Å²) >= 11 is 0. The first kappa shape index (κ1) is 13.4. The predicted molar refractivity (Wildman–Crippen MR) is 81.0 cm³/mol. The smallest absolute Gasteiger partial charge is 0.240 e. The molecule has 2 aromatic heterocycles. The topological polar surface area (TPSA) is 48.7 Å². The van der Waals surface area contributed by atoms with Gasteiger partial charge in [-0.1, -0.05) is 29.8 Å². The number of rotatable bonds is 3. The highest BCUT2D eigenvalue weighted by Gasteiger charge is 2.16. The van der Waals surface area contributed by atoms with Gasteiger partial charge >= 0.3 is 0 Å². The van der Waals surface area contributed by atoms with Gasteiger partial charge in [-0.25, -0.2) is 4.98 Å². The molecule has 2 heterocycles. The van der Waals surface area contributed by atoms with Crippen LogP contribution in [0.4, 0.5) is 0 Å². The molecule has 0 atom stereocenters. The Balaban J connectivity index is 2.26. The molecule has 0 aliphatic carbocycles. The molecule has 0 N–H and O–H groups in total. The molecule has 0 saturated carbocycles. The van der Waals surface area contributed by atoms with Gasteiger partial charge < -0.3 is 9.47 Å². The molecule has 0 fully saturated rings. The third kappa shape index (κ3) is 2.20. The van der Waals surface area contributed by atoms with Gasteiger partial charge in [0.25, 0.3) is 0 Å². The number of hydrogen-bond donors (Lipinski definition) is 0. The lowest BCUT2D eigenvalue weighted by atomic mass is 10.1. The minimum Gasteiger partial charge on any atom is -0.482 e. The van der Waals surface area contributed by atoms with Gasteiger partial charge in [0.2, 0.25) is 17.5 Å². The summed E-state index contributed by atoms with van der Waals surface area (Å²) in [6, 6.07) is 10.0. The number of aromatic nitrogens is 3. The fraction of sp³-hybridized carbons (Fsp3) is 0.250. The highest BCUT2D eigenvalue weighted by molar-refractivity contribution is 5.66. The number of imidazole rings is 1. The Hall–Kier alpha value is -2.56. The number of hydrogen-bond acceptors (Lipinski definition) is 4. The van der Waals surface area contributed by atoms with Crippen LogP contribution in [0.25, 0.3) is 17.0 Å². The van der Waals surface area contributed by atoms with Crippen LogP contribution in [0.3, 0.4) is 0 Å². The third-order valence-electron chi connectivity index (χ3n) is 3.51. The van der Waals surface area contributed by atoms with E-state index in [1.54, 1.807) is 20.3 Å². The van der Waals surface area contributed by atoms with Crippen molar-refractivity contribution in [1.82, 2.24) is 14.4 Å². The van der Waals surface area contributed by atoms with E-state index in [1.165, 1.54) is 5.56 Å². The molecule has 0 spiro atoms. The molecule has 108 valence electrons. The number of methoxy groups -OCH3 is 2. The quantitative estimate of drug-likeness (QED) is 0.741. The van der Waals surface area contributed by atoms with Crippen LogP contribution in [0.15, 0.2) is 30.3 Å². The van der Waals surface area contributed by atoms with Crippen molar-refractivity contribution in [3.05, 3.63) is 41.6 Å². The van der Waals surface area contributed by atoms with E-state index in [0.29, 0.717) is 17.5 Å². The second-order valence-electron chi connectivity index (χ2n) is 4.89. The minimum atomic E-state index is 0.486. The maximum absolute atomic E-state index is 5.42. The van der Waals surface area contributed by atoms with E-state index in [4.69, 9.17) is 9.47 Å². The molecule has 5 nitrogen and oxygen atoms in total. The van der Waals surface area contributed by atoms with Crippen LogP contribution >= 0.6 is 0 Å². The van der Waals surface area contributed by atoms with Crippen molar-refractivity contribution in [2.75, 3.05) is 14.2 Å². The summed E-state index contributed by atoms with van der Waals surface area (Å²) in [5, 5.41) is 0. The first-order valence-electron chi connectivity index (χ1n) is 6.69. The van der Waals surface area contributed by atoms with Crippen molar-refractivity contribution in [3.8, 4) is 23.0 Å². The molecule has 0 aliphatic heterocycles. The Morgan fingerprint density at radius 3 is 2.29 bits per heavy atom. The van der Waals surface area contributed by atoms with Gasteiger partial charge in [0, 0.05) is 5.56 Å². The highest BCUT2D eigenvalue weighted by Crippen LogP contribution is 2.28. The van der Waals surface area contributed by atoms with Crippen LogP contribution in [-0.4, -0.2) is 28.6 Å². The zero-order valence-corrected chi connectivity index (χ0v) is 12.5. The van der Waals surface area contributed by atoms with Crippen molar-refractivity contribution in [3.63, 3.8) is 0 Å². The summed E-state index contributed by atoms with van der Waals surface area (Å²) in [6.45, 7) is 4.07. The van der Waals surface area contributed by atoms with E-state index < -0.39 is 0 Å². The van der Waals surface area contributed by atoms with Crippen molar-refractivity contribution >= 4 is 5.78 Å². The Morgan fingerprint density at radius 1 is 0.952 bits per heavy atom. The number of ether oxygens (including phenoxy) is 2. The zero-order valence-electron chi connectivity index (χ0n) is 12.5. The van der Waals surface area contributed by atoms with E-state index in [1.807, 2.05) is 11.3 Å². The zero-order chi connectivity index (χ0) is 15.0. The Bertz CT molecular complexity index is 791. The average Bonchev–Trinajstić information content (AvgIpc) is 2.84. The number of aryl methyl sites for hydroxylation is 2. The van der Waals surface area contributed by atoms with Gasteiger partial charge in [-0.3, -0.25) is 4.40 Å². The van der Waals surface area contributed by atoms with E-state index in [0.717, 1.165) is 17.0 Å². The fourth-order valence-corrected chi connectivity index (χ4v) is 2.37. The molecule has 0 saturated heterocycles. The van der Waals surface area contributed by atoms with Crippen LogP contribution in [0.2, 0.25) is 0 Å². The number of nitrogens with zero attached hydrogens (tertiary/aromatic N) is 3. The van der Waals surface area contributed by atoms with Gasteiger partial charge in [-0.05, 0) is 13.8 Å². The van der Waals surface area contributed by atoms with Crippen molar-refractivity contribution in [2.45, 2.75) is 13.8 Å². The molecule has 3 aromatic rings. The molecular weight excluding hydrogens is 266 g/mol. The average molecular weight is 283 g/mol. The lowest BCUT2D eigenvalue weighted by Gasteiger charge is -2.07. The van der Waals surface area contributed by atoms with E-state index >= 15 is 0 Å². The summed E-state index contributed by atoms with van der Waals surface area (Å²) < 4.78 is 12.5. The van der Waals surface area contributed by atoms with Crippen molar-refractivity contribution in [1.29, 1.82) is 0 Å². The molecule has 0 bridgehead atoms. The van der Waals surface area contributed by atoms with Crippen LogP contribution in [0.1, 0.15) is 11.3 Å². The molecule has 21 heavy (non-hydrogen) atoms. The van der Waals surface area contributed by atoms with Crippen LogP contribution in [0, 0.1) is 13.8 Å². The Morgan fingerprint density at radius 2 is 1.67 bits per heavy atom. The monoisotopic (exact) mass is 283 g/mol. The fourth-order valence-electron chi connectivity index (χ4n) is 2.37. The summed E-state index contributed by atoms with van der Waals surface area (Å²) in [5.41, 5.74) is 4.16. The van der Waals surface area contributed by atoms with Gasteiger partial charge in [0.15, 0.2) is 0 Å². The van der Waals surface area contributed by atoms with Gasteiger partial charge in [-0.15, -0.1) is 0 Å². The van der Waals surface area contributed by atoms with Gasteiger partial charge in [-0.2, -0.15) is 4.98 Å². The van der Waals surface area contributed by atoms with Crippen molar-refractivity contribution in [2.24, 2.45) is 0 Å².